The molecule has 9 heteroatoms. The summed E-state index contributed by atoms with van der Waals surface area (Å²) in [6.07, 6.45) is 4.64. The molecule has 7 nitrogen and oxygen atoms in total. The number of nitrogens with zero attached hydrogens (tertiary/aromatic N) is 2. The van der Waals surface area contributed by atoms with Gasteiger partial charge in [0.15, 0.2) is 0 Å². The van der Waals surface area contributed by atoms with E-state index < -0.39 is 10.2 Å². The Morgan fingerprint density at radius 1 is 0.880 bits per heavy atom. The largest absolute Gasteiger partial charge is 0.381 e. The number of ether oxygens (including phenoxy) is 2. The molecule has 0 aromatic rings. The van der Waals surface area contributed by atoms with Gasteiger partial charge in [-0.1, -0.05) is 0 Å². The molecule has 3 heterocycles. The predicted molar refractivity (Wildman–Crippen MR) is 97.1 cm³/mol. The van der Waals surface area contributed by atoms with Gasteiger partial charge >= 0.3 is 0 Å². The maximum Gasteiger partial charge on any atom is 0.279 e. The third kappa shape index (κ3) is 4.66. The predicted octanol–water partition coefficient (Wildman–Crippen LogP) is 0.464. The van der Waals surface area contributed by atoms with Crippen LogP contribution in [0.25, 0.3) is 0 Å². The average molecular weight is 396 g/mol. The summed E-state index contributed by atoms with van der Waals surface area (Å²) in [5.41, 5.74) is 0. The minimum Gasteiger partial charge on any atom is -0.381 e. The number of hydrogen-bond donors (Lipinski definition) is 1. The van der Waals surface area contributed by atoms with Crippen LogP contribution in [0.5, 0.6) is 0 Å². The second kappa shape index (κ2) is 8.37. The molecule has 1 N–H and O–H groups in total. The summed E-state index contributed by atoms with van der Waals surface area (Å²) in [5.74, 6) is 1.16. The second-order valence-corrected chi connectivity index (χ2v) is 9.24. The maximum atomic E-state index is 12.7. The second-order valence-electron chi connectivity index (χ2n) is 7.54. The van der Waals surface area contributed by atoms with Crippen molar-refractivity contribution in [3.8, 4) is 0 Å². The minimum atomic E-state index is -3.41. The SMILES string of the molecule is Cl.O=S(=O)(N[C@H]1CN(C2CCOCC2)C[C@@H]1C1CC1)N1CCOCC1. The van der Waals surface area contributed by atoms with Crippen molar-refractivity contribution in [3.63, 3.8) is 0 Å². The van der Waals surface area contributed by atoms with Crippen molar-refractivity contribution >= 4 is 22.6 Å². The van der Waals surface area contributed by atoms with Gasteiger partial charge in [0, 0.05) is 51.5 Å². The summed E-state index contributed by atoms with van der Waals surface area (Å²) in [7, 11) is -3.41. The molecule has 25 heavy (non-hydrogen) atoms. The molecule has 4 fully saturated rings. The van der Waals surface area contributed by atoms with Crippen LogP contribution in [0, 0.1) is 11.8 Å². The molecule has 1 aliphatic carbocycles. The molecule has 0 aromatic heterocycles. The molecule has 3 saturated heterocycles. The Balaban J connectivity index is 0.00000182. The molecule has 0 spiro atoms. The topological polar surface area (TPSA) is 71.1 Å². The lowest BCUT2D eigenvalue weighted by atomic mass is 9.99. The van der Waals surface area contributed by atoms with Crippen molar-refractivity contribution in [2.24, 2.45) is 11.8 Å². The van der Waals surface area contributed by atoms with Gasteiger partial charge in [-0.15, -0.1) is 12.4 Å². The van der Waals surface area contributed by atoms with Gasteiger partial charge in [0.25, 0.3) is 10.2 Å². The summed E-state index contributed by atoms with van der Waals surface area (Å²) < 4.78 is 40.8. The highest BCUT2D eigenvalue weighted by Crippen LogP contribution is 2.42. The van der Waals surface area contributed by atoms with Crippen LogP contribution in [0.1, 0.15) is 25.7 Å². The first-order valence-electron chi connectivity index (χ1n) is 9.30. The first kappa shape index (κ1) is 19.8. The van der Waals surface area contributed by atoms with E-state index in [2.05, 4.69) is 9.62 Å². The van der Waals surface area contributed by atoms with Crippen LogP contribution < -0.4 is 4.72 Å². The first-order chi connectivity index (χ1) is 11.6. The highest BCUT2D eigenvalue weighted by atomic mass is 35.5. The molecule has 0 amide bonds. The standard InChI is InChI=1S/C16H29N3O4S.ClH/c20-24(21,19-5-9-23-10-6-19)17-16-12-18(11-15(16)13-1-2-13)14-3-7-22-8-4-14;/h13-17H,1-12H2;1H/t15-,16+;/m1./s1. The Bertz CT molecular complexity index is 533. The normalized spacial score (nSPS) is 33.3. The number of likely N-dealkylation sites (tertiary alicyclic amines) is 1. The Kier molecular flexibility index (Phi) is 6.63. The number of rotatable bonds is 5. The Morgan fingerprint density at radius 3 is 2.16 bits per heavy atom. The molecule has 3 aliphatic heterocycles. The van der Waals surface area contributed by atoms with Gasteiger partial charge in [0.05, 0.1) is 13.2 Å². The van der Waals surface area contributed by atoms with Crippen molar-refractivity contribution in [3.05, 3.63) is 0 Å². The Hall–Kier alpha value is 0.0400. The third-order valence-electron chi connectivity index (χ3n) is 5.94. The third-order valence-corrected chi connectivity index (χ3v) is 7.58. The van der Waals surface area contributed by atoms with Gasteiger partial charge in [-0.25, -0.2) is 0 Å². The van der Waals surface area contributed by atoms with Crippen LogP contribution in [0.15, 0.2) is 0 Å². The number of nitrogens with one attached hydrogen (secondary N) is 1. The van der Waals surface area contributed by atoms with E-state index in [0.717, 1.165) is 39.1 Å². The molecule has 2 atom stereocenters. The smallest absolute Gasteiger partial charge is 0.279 e. The molecule has 1 saturated carbocycles. The van der Waals surface area contributed by atoms with Crippen molar-refractivity contribution < 1.29 is 17.9 Å². The van der Waals surface area contributed by atoms with E-state index in [0.29, 0.717) is 44.2 Å². The molecule has 0 radical (unpaired) electrons. The van der Waals surface area contributed by atoms with Crippen molar-refractivity contribution in [2.45, 2.75) is 37.8 Å². The monoisotopic (exact) mass is 395 g/mol. The van der Waals surface area contributed by atoms with E-state index in [4.69, 9.17) is 9.47 Å². The average Bonchev–Trinajstić information content (AvgIpc) is 3.37. The van der Waals surface area contributed by atoms with Gasteiger partial charge in [0.1, 0.15) is 0 Å². The zero-order chi connectivity index (χ0) is 16.6. The summed E-state index contributed by atoms with van der Waals surface area (Å²) >= 11 is 0. The molecular weight excluding hydrogens is 366 g/mol. The fourth-order valence-electron chi connectivity index (χ4n) is 4.39. The van der Waals surface area contributed by atoms with E-state index in [1.54, 1.807) is 0 Å². The van der Waals surface area contributed by atoms with E-state index >= 15 is 0 Å². The van der Waals surface area contributed by atoms with Gasteiger partial charge in [-0.3, -0.25) is 4.90 Å². The lowest BCUT2D eigenvalue weighted by Gasteiger charge is -2.31. The minimum absolute atomic E-state index is 0. The van der Waals surface area contributed by atoms with Gasteiger partial charge in [-0.2, -0.15) is 17.4 Å². The van der Waals surface area contributed by atoms with Gasteiger partial charge < -0.3 is 9.47 Å². The van der Waals surface area contributed by atoms with Crippen molar-refractivity contribution in [1.29, 1.82) is 0 Å². The number of hydrogen-bond acceptors (Lipinski definition) is 5. The molecule has 0 unspecified atom stereocenters. The molecular formula is C16H30ClN3O4S. The summed E-state index contributed by atoms with van der Waals surface area (Å²) in [4.78, 5) is 2.51. The van der Waals surface area contributed by atoms with Gasteiger partial charge in [-0.05, 0) is 37.5 Å². The highest BCUT2D eigenvalue weighted by molar-refractivity contribution is 7.87. The molecule has 4 rings (SSSR count). The number of morpholine rings is 1. The molecule has 146 valence electrons. The van der Waals surface area contributed by atoms with E-state index in [1.807, 2.05) is 0 Å². The summed E-state index contributed by atoms with van der Waals surface area (Å²) in [6, 6.07) is 0.603. The van der Waals surface area contributed by atoms with Crippen LogP contribution in [-0.4, -0.2) is 82.3 Å². The maximum absolute atomic E-state index is 12.7. The van der Waals surface area contributed by atoms with Crippen LogP contribution in [0.4, 0.5) is 0 Å². The van der Waals surface area contributed by atoms with Crippen LogP contribution in [-0.2, 0) is 19.7 Å². The molecule has 0 aromatic carbocycles. The fraction of sp³-hybridized carbons (Fsp3) is 1.00. The fourth-order valence-corrected chi connectivity index (χ4v) is 5.80. The van der Waals surface area contributed by atoms with E-state index in [9.17, 15) is 8.42 Å². The van der Waals surface area contributed by atoms with E-state index in [-0.39, 0.29) is 18.4 Å². The zero-order valence-electron chi connectivity index (χ0n) is 14.6. The van der Waals surface area contributed by atoms with Crippen LogP contribution in [0.3, 0.4) is 0 Å². The quantitative estimate of drug-likeness (QED) is 0.732. The van der Waals surface area contributed by atoms with E-state index in [1.165, 1.54) is 17.1 Å². The number of halogens is 1. The first-order valence-corrected chi connectivity index (χ1v) is 10.7. The van der Waals surface area contributed by atoms with Crippen LogP contribution in [0.2, 0.25) is 0 Å². The summed E-state index contributed by atoms with van der Waals surface area (Å²) in [6.45, 7) is 5.44. The molecule has 4 aliphatic rings. The van der Waals surface area contributed by atoms with Crippen molar-refractivity contribution in [1.82, 2.24) is 13.9 Å². The lowest BCUT2D eigenvalue weighted by Crippen LogP contribution is -2.51. The van der Waals surface area contributed by atoms with Crippen LogP contribution >= 0.6 is 12.4 Å². The Labute approximate surface area is 157 Å². The van der Waals surface area contributed by atoms with Crippen molar-refractivity contribution in [2.75, 3.05) is 52.6 Å². The highest BCUT2D eigenvalue weighted by Gasteiger charge is 2.46. The molecule has 0 bridgehead atoms. The Morgan fingerprint density at radius 2 is 1.52 bits per heavy atom. The zero-order valence-corrected chi connectivity index (χ0v) is 16.3. The summed E-state index contributed by atoms with van der Waals surface area (Å²) in [5, 5.41) is 0. The lowest BCUT2D eigenvalue weighted by molar-refractivity contribution is 0.0405. The van der Waals surface area contributed by atoms with Gasteiger partial charge in [0.2, 0.25) is 0 Å².